The molecule has 0 aliphatic carbocycles. The number of aromatic carboxylic acids is 1. The van der Waals surface area contributed by atoms with Gasteiger partial charge in [-0.05, 0) is 47.9 Å². The minimum atomic E-state index is -0.964. The first-order chi connectivity index (χ1) is 13.1. The van der Waals surface area contributed by atoms with Crippen molar-refractivity contribution in [1.29, 1.82) is 0 Å². The Morgan fingerprint density at radius 3 is 2.26 bits per heavy atom. The minimum Gasteiger partial charge on any atom is -0.478 e. The van der Waals surface area contributed by atoms with Crippen LogP contribution in [0.2, 0.25) is 0 Å². The molecule has 0 aliphatic heterocycles. The molecule has 27 heavy (non-hydrogen) atoms. The molecule has 138 valence electrons. The van der Waals surface area contributed by atoms with Crippen LogP contribution in [0.4, 0.5) is 0 Å². The zero-order valence-corrected chi connectivity index (χ0v) is 16.2. The van der Waals surface area contributed by atoms with E-state index in [0.29, 0.717) is 17.2 Å². The van der Waals surface area contributed by atoms with Crippen LogP contribution in [-0.2, 0) is 0 Å². The Kier molecular flexibility index (Phi) is 7.02. The van der Waals surface area contributed by atoms with Gasteiger partial charge in [0.15, 0.2) is 0 Å². The van der Waals surface area contributed by atoms with Crippen LogP contribution in [0.3, 0.4) is 0 Å². The fraction of sp³-hybridized carbons (Fsp3) is 0.208. The van der Waals surface area contributed by atoms with Crippen LogP contribution in [0.15, 0.2) is 67.0 Å². The van der Waals surface area contributed by atoms with Crippen molar-refractivity contribution in [3.05, 3.63) is 89.2 Å². The molecule has 1 aromatic heterocycles. The Morgan fingerprint density at radius 1 is 0.963 bits per heavy atom. The molecule has 1 N–H and O–H groups in total. The summed E-state index contributed by atoms with van der Waals surface area (Å²) in [4.78, 5) is 11.6. The Morgan fingerprint density at radius 2 is 1.63 bits per heavy atom. The van der Waals surface area contributed by atoms with Crippen molar-refractivity contribution in [3.63, 3.8) is 0 Å². The molecule has 0 aliphatic rings. The van der Waals surface area contributed by atoms with Gasteiger partial charge in [0.2, 0.25) is 0 Å². The highest BCUT2D eigenvalue weighted by Gasteiger charge is 2.14. The number of hydrogen-bond donors (Lipinski definition) is 1. The van der Waals surface area contributed by atoms with Crippen LogP contribution in [-0.4, -0.2) is 15.6 Å². The molecular weight excluding hydrogens is 334 g/mol. The Labute approximate surface area is 161 Å². The summed E-state index contributed by atoms with van der Waals surface area (Å²) in [6.07, 6.45) is 3.65. The van der Waals surface area contributed by atoms with Crippen molar-refractivity contribution in [3.8, 4) is 17.5 Å². The van der Waals surface area contributed by atoms with E-state index in [4.69, 9.17) is 0 Å². The minimum absolute atomic E-state index is 0.235. The lowest BCUT2D eigenvalue weighted by molar-refractivity contribution is 0.0697. The second kappa shape index (κ2) is 9.45. The highest BCUT2D eigenvalue weighted by Crippen LogP contribution is 2.20. The fourth-order valence-electron chi connectivity index (χ4n) is 2.69. The maximum Gasteiger partial charge on any atom is 0.337 e. The molecule has 3 heteroatoms. The second-order valence-electron chi connectivity index (χ2n) is 6.13. The fourth-order valence-corrected chi connectivity index (χ4v) is 2.69. The number of aromatic nitrogens is 1. The molecule has 2 aromatic carbocycles. The van der Waals surface area contributed by atoms with E-state index in [1.54, 1.807) is 16.7 Å². The van der Waals surface area contributed by atoms with Gasteiger partial charge in [-0.15, -0.1) is 0 Å². The van der Waals surface area contributed by atoms with Gasteiger partial charge in [0.25, 0.3) is 0 Å². The van der Waals surface area contributed by atoms with E-state index >= 15 is 0 Å². The first-order valence-electron chi connectivity index (χ1n) is 9.18. The molecule has 1 heterocycles. The largest absolute Gasteiger partial charge is 0.478 e. The van der Waals surface area contributed by atoms with Gasteiger partial charge in [0.05, 0.1) is 11.3 Å². The lowest BCUT2D eigenvalue weighted by atomic mass is 10.0. The van der Waals surface area contributed by atoms with E-state index in [1.165, 1.54) is 5.56 Å². The van der Waals surface area contributed by atoms with E-state index in [0.717, 1.165) is 5.56 Å². The predicted octanol–water partition coefficient (Wildman–Crippen LogP) is 5.72. The van der Waals surface area contributed by atoms with Crippen LogP contribution in [0.5, 0.6) is 0 Å². The van der Waals surface area contributed by atoms with Crippen molar-refractivity contribution in [2.45, 2.75) is 33.6 Å². The topological polar surface area (TPSA) is 42.2 Å². The molecule has 3 rings (SSSR count). The number of para-hydroxylation sites is 1. The third-order valence-electron chi connectivity index (χ3n) is 4.02. The zero-order chi connectivity index (χ0) is 19.8. The molecule has 0 radical (unpaired) electrons. The molecule has 0 spiro atoms. The smallest absolute Gasteiger partial charge is 0.337 e. The van der Waals surface area contributed by atoms with Gasteiger partial charge in [0.1, 0.15) is 0 Å². The van der Waals surface area contributed by atoms with E-state index in [-0.39, 0.29) is 5.56 Å². The first kappa shape index (κ1) is 20.1. The number of carboxylic acids is 1. The van der Waals surface area contributed by atoms with Crippen LogP contribution in [0, 0.1) is 11.8 Å². The zero-order valence-electron chi connectivity index (χ0n) is 16.2. The summed E-state index contributed by atoms with van der Waals surface area (Å²) in [5.41, 5.74) is 3.67. The van der Waals surface area contributed by atoms with Gasteiger partial charge in [-0.1, -0.05) is 57.7 Å². The number of hydrogen-bond acceptors (Lipinski definition) is 1. The van der Waals surface area contributed by atoms with Crippen LogP contribution >= 0.6 is 0 Å². The van der Waals surface area contributed by atoms with Crippen molar-refractivity contribution in [1.82, 2.24) is 4.57 Å². The quantitative estimate of drug-likeness (QED) is 0.607. The summed E-state index contributed by atoms with van der Waals surface area (Å²) in [6, 6.07) is 17.0. The summed E-state index contributed by atoms with van der Waals surface area (Å²) < 4.78 is 1.79. The van der Waals surface area contributed by atoms with E-state index < -0.39 is 5.97 Å². The monoisotopic (exact) mass is 359 g/mol. The highest BCUT2D eigenvalue weighted by atomic mass is 16.4. The van der Waals surface area contributed by atoms with Crippen molar-refractivity contribution < 1.29 is 9.90 Å². The molecular formula is C24H25NO2. The molecule has 0 amide bonds. The third kappa shape index (κ3) is 4.89. The highest BCUT2D eigenvalue weighted by molar-refractivity contribution is 5.93. The van der Waals surface area contributed by atoms with Gasteiger partial charge in [-0.2, -0.15) is 0 Å². The van der Waals surface area contributed by atoms with Gasteiger partial charge >= 0.3 is 5.97 Å². The molecule has 3 nitrogen and oxygen atoms in total. The van der Waals surface area contributed by atoms with Crippen molar-refractivity contribution in [2.75, 3.05) is 0 Å². The normalized spacial score (nSPS) is 9.81. The molecule has 0 unspecified atom stereocenters. The van der Waals surface area contributed by atoms with Crippen LogP contribution in [0.25, 0.3) is 5.69 Å². The van der Waals surface area contributed by atoms with Crippen molar-refractivity contribution in [2.24, 2.45) is 0 Å². The summed E-state index contributed by atoms with van der Waals surface area (Å²) in [5.74, 6) is 5.79. The van der Waals surface area contributed by atoms with Gasteiger partial charge < -0.3 is 9.67 Å². The van der Waals surface area contributed by atoms with Gasteiger partial charge in [-0.25, -0.2) is 4.79 Å². The number of carbonyl (C=O) groups is 1. The van der Waals surface area contributed by atoms with E-state index in [9.17, 15) is 9.90 Å². The van der Waals surface area contributed by atoms with Crippen LogP contribution < -0.4 is 0 Å². The summed E-state index contributed by atoms with van der Waals surface area (Å²) >= 11 is 0. The Bertz CT molecular complexity index is 958. The van der Waals surface area contributed by atoms with E-state index in [1.807, 2.05) is 56.6 Å². The lowest BCUT2D eigenvalue weighted by Crippen LogP contribution is -2.06. The SMILES string of the molecule is CC.CC(C)c1cccc(C#Cc2cccc(C(=O)O)c2-n2cccc2)c1. The molecule has 0 atom stereocenters. The molecule has 0 fully saturated rings. The number of benzene rings is 2. The van der Waals surface area contributed by atoms with Gasteiger partial charge in [-0.3, -0.25) is 0 Å². The Balaban J connectivity index is 0.00000126. The molecule has 3 aromatic rings. The number of nitrogens with zero attached hydrogens (tertiary/aromatic N) is 1. The molecule has 0 saturated carbocycles. The lowest BCUT2D eigenvalue weighted by Gasteiger charge is -2.10. The van der Waals surface area contributed by atoms with Crippen LogP contribution in [0.1, 0.15) is 60.7 Å². The average molecular weight is 359 g/mol. The summed E-state index contributed by atoms with van der Waals surface area (Å²) in [6.45, 7) is 8.29. The van der Waals surface area contributed by atoms with E-state index in [2.05, 4.69) is 37.8 Å². The average Bonchev–Trinajstić information content (AvgIpc) is 3.22. The maximum atomic E-state index is 11.6. The predicted molar refractivity (Wildman–Crippen MR) is 111 cm³/mol. The standard InChI is InChI=1S/C22H19NO2.C2H6/c1-16(2)19-9-5-7-17(15-19)11-12-18-8-6-10-20(22(24)25)21(18)23-13-3-4-14-23;1-2/h3-10,13-16H,1-2H3,(H,24,25);1-2H3. The maximum absolute atomic E-state index is 11.6. The van der Waals surface area contributed by atoms with Gasteiger partial charge in [0, 0.05) is 23.5 Å². The number of rotatable bonds is 3. The van der Waals surface area contributed by atoms with Crippen molar-refractivity contribution >= 4 is 5.97 Å². The summed E-state index contributed by atoms with van der Waals surface area (Å²) in [5, 5.41) is 9.51. The molecule has 0 bridgehead atoms. The Hall–Kier alpha value is -3.25. The number of carboxylic acid groups (broad SMARTS) is 1. The molecule has 0 saturated heterocycles. The third-order valence-corrected chi connectivity index (χ3v) is 4.02. The second-order valence-corrected chi connectivity index (χ2v) is 6.13. The first-order valence-corrected chi connectivity index (χ1v) is 9.18. The summed E-state index contributed by atoms with van der Waals surface area (Å²) in [7, 11) is 0.